The summed E-state index contributed by atoms with van der Waals surface area (Å²) in [5.74, 6) is -4.07. The molecule has 1 unspecified atom stereocenters. The highest BCUT2D eigenvalue weighted by Gasteiger charge is 2.45. The number of unbranched alkanes of at least 4 members (excludes halogenated alkanes) is 1. The van der Waals surface area contributed by atoms with Crippen molar-refractivity contribution in [2.45, 2.75) is 83.8 Å². The number of amides is 3. The second-order valence-corrected chi connectivity index (χ2v) is 19.3. The highest BCUT2D eigenvalue weighted by molar-refractivity contribution is 6.30. The van der Waals surface area contributed by atoms with E-state index in [9.17, 15) is 24.3 Å². The van der Waals surface area contributed by atoms with Crippen LogP contribution < -0.4 is 21.1 Å². The van der Waals surface area contributed by atoms with Crippen molar-refractivity contribution < 1.29 is 38.6 Å². The number of phenols is 1. The number of aromatic hydroxyl groups is 1. The Morgan fingerprint density at radius 1 is 0.928 bits per heavy atom. The van der Waals surface area contributed by atoms with Crippen LogP contribution in [-0.4, -0.2) is 127 Å². The molecule has 368 valence electrons. The molecule has 1 fully saturated rings. The molecule has 4 bridgehead atoms. The van der Waals surface area contributed by atoms with Gasteiger partial charge in [-0.15, -0.1) is 0 Å². The topological polar surface area (TPSA) is 192 Å². The SMILES string of the molecule is CC(=O)[C@H](C)NC(=O)[C@@H]1Cc2ccc(O)c(c2)-c2cc(ccc2OCCN2CCN(C)CC2)C(C)(N(C)C(=O)[C@H](CCCCN)CC(=O)c2ccc(-c3ccc(Cl)cc3)cc2)C(=O)C[C@@H](C)C(=O)N1. The van der Waals surface area contributed by atoms with Gasteiger partial charge in [0.05, 0.1) is 6.04 Å². The van der Waals surface area contributed by atoms with Crippen molar-refractivity contribution in [2.75, 3.05) is 60.0 Å². The number of fused-ring (bicyclic) bond motifs is 5. The minimum atomic E-state index is -1.72. The number of nitrogens with two attached hydrogens (primary N) is 1. The van der Waals surface area contributed by atoms with Gasteiger partial charge < -0.3 is 36.0 Å². The van der Waals surface area contributed by atoms with E-state index in [-0.39, 0.29) is 36.6 Å². The van der Waals surface area contributed by atoms with Crippen molar-refractivity contribution in [2.24, 2.45) is 17.6 Å². The fourth-order valence-corrected chi connectivity index (χ4v) is 9.04. The number of carbonyl (C=O) groups is 6. The first-order valence-electron chi connectivity index (χ1n) is 23.9. The molecule has 15 heteroatoms. The van der Waals surface area contributed by atoms with Gasteiger partial charge in [-0.25, -0.2) is 0 Å². The molecule has 2 heterocycles. The van der Waals surface area contributed by atoms with Crippen LogP contribution in [0.3, 0.4) is 0 Å². The summed E-state index contributed by atoms with van der Waals surface area (Å²) >= 11 is 6.10. The average Bonchev–Trinajstić information content (AvgIpc) is 3.33. The maximum absolute atomic E-state index is 15.2. The van der Waals surface area contributed by atoms with Crippen LogP contribution in [0.5, 0.6) is 11.5 Å². The summed E-state index contributed by atoms with van der Waals surface area (Å²) in [5, 5.41) is 17.7. The Hall–Kier alpha value is -5.93. The van der Waals surface area contributed by atoms with E-state index >= 15 is 9.59 Å². The summed E-state index contributed by atoms with van der Waals surface area (Å²) in [4.78, 5) is 90.3. The highest BCUT2D eigenvalue weighted by atomic mass is 35.5. The van der Waals surface area contributed by atoms with Crippen LogP contribution in [0.1, 0.15) is 81.3 Å². The zero-order chi connectivity index (χ0) is 50.0. The van der Waals surface area contributed by atoms with Gasteiger partial charge >= 0.3 is 0 Å². The molecule has 0 aromatic heterocycles. The summed E-state index contributed by atoms with van der Waals surface area (Å²) < 4.78 is 6.51. The number of hydrogen-bond acceptors (Lipinski definition) is 11. The molecule has 3 amide bonds. The molecule has 4 aromatic rings. The Balaban J connectivity index is 1.40. The van der Waals surface area contributed by atoms with E-state index < -0.39 is 53.0 Å². The number of halogens is 1. The highest BCUT2D eigenvalue weighted by Crippen LogP contribution is 2.42. The smallest absolute Gasteiger partial charge is 0.243 e. The lowest BCUT2D eigenvalue weighted by molar-refractivity contribution is -0.148. The van der Waals surface area contributed by atoms with Crippen LogP contribution in [0.4, 0.5) is 0 Å². The number of ether oxygens (including phenoxy) is 1. The molecule has 5 atom stereocenters. The molecule has 2 aliphatic heterocycles. The first-order valence-corrected chi connectivity index (χ1v) is 24.3. The Labute approximate surface area is 410 Å². The van der Waals surface area contributed by atoms with Gasteiger partial charge in [0.15, 0.2) is 17.3 Å². The minimum absolute atomic E-state index is 0.00114. The number of carbonyl (C=O) groups excluding carboxylic acids is 6. The number of piperazine rings is 1. The Kier molecular flexibility index (Phi) is 17.9. The first-order chi connectivity index (χ1) is 32.9. The largest absolute Gasteiger partial charge is 0.507 e. The van der Waals surface area contributed by atoms with E-state index in [2.05, 4.69) is 27.5 Å². The number of likely N-dealkylation sites (N-methyl/N-ethyl adjacent to an activating group) is 2. The number of nitrogens with one attached hydrogen (secondary N) is 2. The molecule has 5 N–H and O–H groups in total. The quantitative estimate of drug-likeness (QED) is 0.0674. The number of hydrogen-bond donors (Lipinski definition) is 4. The number of ketones is 3. The van der Waals surface area contributed by atoms with Crippen LogP contribution in [0.2, 0.25) is 5.02 Å². The minimum Gasteiger partial charge on any atom is -0.507 e. The number of nitrogens with zero attached hydrogens (tertiary/aromatic N) is 3. The molecule has 0 aliphatic carbocycles. The maximum Gasteiger partial charge on any atom is 0.243 e. The van der Waals surface area contributed by atoms with Crippen molar-refractivity contribution in [3.8, 4) is 33.8 Å². The summed E-state index contributed by atoms with van der Waals surface area (Å²) in [6.07, 6.45) is 1.05. The molecule has 0 radical (unpaired) electrons. The maximum atomic E-state index is 15.2. The molecule has 4 aromatic carbocycles. The van der Waals surface area contributed by atoms with Gasteiger partial charge in [-0.1, -0.05) is 73.5 Å². The summed E-state index contributed by atoms with van der Waals surface area (Å²) in [6, 6.07) is 22.7. The van der Waals surface area contributed by atoms with E-state index in [1.807, 2.05) is 24.3 Å². The lowest BCUT2D eigenvalue weighted by Crippen LogP contribution is -2.54. The van der Waals surface area contributed by atoms with Gasteiger partial charge in [-0.2, -0.15) is 0 Å². The number of benzene rings is 4. The van der Waals surface area contributed by atoms with E-state index in [1.54, 1.807) is 82.4 Å². The predicted octanol–water partition coefficient (Wildman–Crippen LogP) is 6.43. The van der Waals surface area contributed by atoms with Gasteiger partial charge in [0.1, 0.15) is 29.7 Å². The first kappa shape index (κ1) is 52.4. The van der Waals surface area contributed by atoms with Crippen LogP contribution in [0.25, 0.3) is 22.3 Å². The summed E-state index contributed by atoms with van der Waals surface area (Å²) in [7, 11) is 3.64. The molecule has 2 aliphatic rings. The van der Waals surface area contributed by atoms with E-state index in [4.69, 9.17) is 22.1 Å². The lowest BCUT2D eigenvalue weighted by atomic mass is 9.79. The van der Waals surface area contributed by atoms with Crippen LogP contribution in [0.15, 0.2) is 84.9 Å². The number of Topliss-reactive ketones (excluding diaryl/α,β-unsaturated/α-hetero) is 3. The van der Waals surface area contributed by atoms with Crippen LogP contribution in [-0.2, 0) is 35.9 Å². The zero-order valence-corrected chi connectivity index (χ0v) is 41.4. The van der Waals surface area contributed by atoms with Gasteiger partial charge in [0, 0.05) is 92.6 Å². The molecular weight excluding hydrogens is 896 g/mol. The normalized spacial score (nSPS) is 19.9. The molecule has 6 rings (SSSR count). The van der Waals surface area contributed by atoms with Gasteiger partial charge in [0.25, 0.3) is 0 Å². The van der Waals surface area contributed by atoms with Crippen molar-refractivity contribution in [3.63, 3.8) is 0 Å². The average molecular weight is 964 g/mol. The van der Waals surface area contributed by atoms with Crippen LogP contribution >= 0.6 is 11.6 Å². The third-order valence-electron chi connectivity index (χ3n) is 13.9. The Bertz CT molecular complexity index is 2490. The summed E-state index contributed by atoms with van der Waals surface area (Å²) in [5.41, 5.74) is 8.22. The van der Waals surface area contributed by atoms with Gasteiger partial charge in [-0.05, 0) is 106 Å². The van der Waals surface area contributed by atoms with Crippen molar-refractivity contribution >= 4 is 46.7 Å². The van der Waals surface area contributed by atoms with Gasteiger partial charge in [-0.3, -0.25) is 33.7 Å². The molecule has 69 heavy (non-hydrogen) atoms. The second kappa shape index (κ2) is 23.6. The standard InChI is InChI=1S/C54H67ClN6O8/c1-34-29-50(65)54(4,60(6)53(68)41(9-7-8-22-56)32-48(64)40-13-11-38(12-14-40)39-15-18-43(55)19-16-39)42-17-21-49(69-28-27-61-25-23-59(5)24-26-61)45(33-42)44-30-37(10-20-47(44)63)31-46(58-51(34)66)52(67)57-35(2)36(3)62/h10-21,30,33-35,41,46,63H,7-9,22-29,31-32,56H2,1-6H3,(H,57,67)(H,58,66)/t34-,35+,41-,46+,54?/m1/s1. The van der Waals surface area contributed by atoms with Crippen molar-refractivity contribution in [3.05, 3.63) is 107 Å². The van der Waals surface area contributed by atoms with Gasteiger partial charge in [0.2, 0.25) is 17.7 Å². The van der Waals surface area contributed by atoms with E-state index in [0.29, 0.717) is 77.5 Å². The second-order valence-electron chi connectivity index (χ2n) is 18.9. The zero-order valence-electron chi connectivity index (χ0n) is 40.7. The van der Waals surface area contributed by atoms with Crippen molar-refractivity contribution in [1.82, 2.24) is 25.3 Å². The molecule has 0 saturated carbocycles. The molecular formula is C54H67ClN6O8. The number of phenolic OH excluding ortho intramolecular Hbond substituents is 1. The molecule has 0 spiro atoms. The van der Waals surface area contributed by atoms with E-state index in [0.717, 1.165) is 37.3 Å². The van der Waals surface area contributed by atoms with Crippen LogP contribution in [0, 0.1) is 11.8 Å². The lowest BCUT2D eigenvalue weighted by Gasteiger charge is -2.41. The molecule has 14 nitrogen and oxygen atoms in total. The summed E-state index contributed by atoms with van der Waals surface area (Å²) in [6.45, 7) is 11.2. The third-order valence-corrected chi connectivity index (χ3v) is 14.1. The Morgan fingerprint density at radius 2 is 1.59 bits per heavy atom. The third kappa shape index (κ3) is 13.0. The molecule has 1 saturated heterocycles. The van der Waals surface area contributed by atoms with Crippen molar-refractivity contribution in [1.29, 1.82) is 0 Å². The fourth-order valence-electron chi connectivity index (χ4n) is 8.91. The monoisotopic (exact) mass is 962 g/mol. The number of rotatable bonds is 17. The van der Waals surface area contributed by atoms with E-state index in [1.165, 1.54) is 17.9 Å². The Morgan fingerprint density at radius 3 is 2.25 bits per heavy atom. The fraction of sp³-hybridized carbons (Fsp3) is 0.444. The predicted molar refractivity (Wildman–Crippen MR) is 268 cm³/mol.